The fourth-order valence-electron chi connectivity index (χ4n) is 0.356. The van der Waals surface area contributed by atoms with Gasteiger partial charge in [0.2, 0.25) is 3.23 Å². The van der Waals surface area contributed by atoms with Gasteiger partial charge in [-0.3, -0.25) is 0 Å². The van der Waals surface area contributed by atoms with Crippen molar-refractivity contribution in [1.29, 1.82) is 0 Å². The predicted molar refractivity (Wildman–Crippen MR) is 45.5 cm³/mol. The number of alkyl halides is 10. The first-order chi connectivity index (χ1) is 5.75. The SMILES string of the molecule is FC(F)(F)C(Br)(Br)C(F)(F)C(F)(F)Br. The van der Waals surface area contributed by atoms with Crippen molar-refractivity contribution in [3.05, 3.63) is 0 Å². The van der Waals surface area contributed by atoms with Crippen molar-refractivity contribution >= 4 is 47.8 Å². The second kappa shape index (κ2) is 3.76. The van der Waals surface area contributed by atoms with Crippen molar-refractivity contribution in [3.8, 4) is 0 Å². The summed E-state index contributed by atoms with van der Waals surface area (Å²) in [6, 6.07) is 0. The first-order valence-electron chi connectivity index (χ1n) is 2.64. The minimum absolute atomic E-state index is 1.18. The van der Waals surface area contributed by atoms with E-state index in [0.717, 1.165) is 0 Å². The maximum atomic E-state index is 12.6. The Labute approximate surface area is 98.6 Å². The molecule has 0 saturated carbocycles. The van der Waals surface area contributed by atoms with Gasteiger partial charge < -0.3 is 0 Å². The van der Waals surface area contributed by atoms with Crippen LogP contribution in [0.25, 0.3) is 0 Å². The van der Waals surface area contributed by atoms with Crippen LogP contribution in [0.15, 0.2) is 0 Å². The normalized spacial score (nSPS) is 15.9. The zero-order valence-corrected chi connectivity index (χ0v) is 10.5. The molecular weight excluding hydrogens is 421 g/mol. The molecule has 0 nitrogen and oxygen atoms in total. The van der Waals surface area contributed by atoms with Crippen LogP contribution in [-0.4, -0.2) is 20.2 Å². The summed E-state index contributed by atoms with van der Waals surface area (Å²) in [5.74, 6) is -5.39. The highest BCUT2D eigenvalue weighted by atomic mass is 79.9. The highest BCUT2D eigenvalue weighted by Gasteiger charge is 2.76. The molecule has 0 saturated heterocycles. The Morgan fingerprint density at radius 2 is 0.929 bits per heavy atom. The van der Waals surface area contributed by atoms with Crippen molar-refractivity contribution < 1.29 is 30.7 Å². The van der Waals surface area contributed by atoms with Crippen molar-refractivity contribution in [2.45, 2.75) is 20.2 Å². The summed E-state index contributed by atoms with van der Waals surface area (Å²) >= 11 is 4.17. The zero-order chi connectivity index (χ0) is 12.0. The van der Waals surface area contributed by atoms with Crippen LogP contribution in [0.4, 0.5) is 30.7 Å². The Morgan fingerprint density at radius 1 is 0.643 bits per heavy atom. The second-order valence-electron chi connectivity index (χ2n) is 2.14. The van der Waals surface area contributed by atoms with Crippen LogP contribution in [-0.2, 0) is 0 Å². The van der Waals surface area contributed by atoms with Crippen LogP contribution < -0.4 is 0 Å². The van der Waals surface area contributed by atoms with E-state index in [1.807, 2.05) is 0 Å². The molecule has 0 aliphatic heterocycles. The monoisotopic (exact) mass is 418 g/mol. The van der Waals surface area contributed by atoms with E-state index in [1.54, 1.807) is 0 Å². The van der Waals surface area contributed by atoms with Crippen molar-refractivity contribution in [2.24, 2.45) is 0 Å². The molecule has 0 atom stereocenters. The first kappa shape index (κ1) is 14.9. The van der Waals surface area contributed by atoms with Gasteiger partial charge in [0.15, 0.2) is 0 Å². The number of hydrogen-bond acceptors (Lipinski definition) is 0. The van der Waals surface area contributed by atoms with E-state index < -0.39 is 20.2 Å². The first-order valence-corrected chi connectivity index (χ1v) is 5.02. The Morgan fingerprint density at radius 3 is 1.00 bits per heavy atom. The van der Waals surface area contributed by atoms with Crippen LogP contribution in [0.3, 0.4) is 0 Å². The van der Waals surface area contributed by atoms with E-state index >= 15 is 0 Å². The lowest BCUT2D eigenvalue weighted by molar-refractivity contribution is -0.230. The van der Waals surface area contributed by atoms with Gasteiger partial charge in [0.1, 0.15) is 0 Å². The van der Waals surface area contributed by atoms with Crippen molar-refractivity contribution in [3.63, 3.8) is 0 Å². The largest absolute Gasteiger partial charge is 0.419 e. The number of rotatable bonds is 2. The average Bonchev–Trinajstić information content (AvgIpc) is 1.81. The van der Waals surface area contributed by atoms with E-state index in [4.69, 9.17) is 0 Å². The van der Waals surface area contributed by atoms with E-state index in [2.05, 4.69) is 0 Å². The Hall–Kier alpha value is 0.950. The van der Waals surface area contributed by atoms with E-state index in [9.17, 15) is 30.7 Å². The Bertz CT molecular complexity index is 190. The number of hydrogen-bond donors (Lipinski definition) is 0. The molecule has 0 aromatic heterocycles. The van der Waals surface area contributed by atoms with Crippen LogP contribution in [0.2, 0.25) is 0 Å². The molecule has 0 N–H and O–H groups in total. The summed E-state index contributed by atoms with van der Waals surface area (Å²) in [6.45, 7) is 0. The van der Waals surface area contributed by atoms with Gasteiger partial charge in [-0.25, -0.2) is 0 Å². The van der Waals surface area contributed by atoms with Gasteiger partial charge in [0.05, 0.1) is 0 Å². The van der Waals surface area contributed by atoms with E-state index in [0.29, 0.717) is 0 Å². The molecule has 0 aromatic carbocycles. The molecule has 0 amide bonds. The molecule has 0 aromatic rings. The minimum atomic E-state index is -5.59. The summed E-state index contributed by atoms with van der Waals surface area (Å²) < 4.78 is 81.1. The molecule has 0 bridgehead atoms. The Balaban J connectivity index is 5.30. The summed E-state index contributed by atoms with van der Waals surface area (Å²) in [7, 11) is 0. The second-order valence-corrected chi connectivity index (χ2v) is 6.58. The highest BCUT2D eigenvalue weighted by molar-refractivity contribution is 9.25. The molecule has 14 heavy (non-hydrogen) atoms. The fraction of sp³-hybridized carbons (Fsp3) is 1.00. The van der Waals surface area contributed by atoms with Crippen molar-refractivity contribution in [2.75, 3.05) is 0 Å². The van der Waals surface area contributed by atoms with Gasteiger partial charge in [0, 0.05) is 0 Å². The van der Waals surface area contributed by atoms with Gasteiger partial charge in [-0.1, -0.05) is 31.9 Å². The molecule has 0 spiro atoms. The standard InChI is InChI=1S/C4Br3F7/c5-1(6,4(12,13)14)2(8,9)3(7,10)11. The van der Waals surface area contributed by atoms with Gasteiger partial charge in [-0.05, 0) is 15.9 Å². The molecule has 0 fully saturated rings. The van der Waals surface area contributed by atoms with Crippen molar-refractivity contribution in [1.82, 2.24) is 0 Å². The third kappa shape index (κ3) is 2.37. The summed E-state index contributed by atoms with van der Waals surface area (Å²) in [4.78, 5) is -5.00. The van der Waals surface area contributed by atoms with Gasteiger partial charge in [-0.15, -0.1) is 0 Å². The molecule has 0 unspecified atom stereocenters. The fourth-order valence-corrected chi connectivity index (χ4v) is 1.68. The van der Waals surface area contributed by atoms with Crippen LogP contribution in [0, 0.1) is 0 Å². The highest BCUT2D eigenvalue weighted by Crippen LogP contribution is 2.59. The van der Waals surface area contributed by atoms with Crippen LogP contribution in [0.5, 0.6) is 0 Å². The van der Waals surface area contributed by atoms with Crippen LogP contribution in [0.1, 0.15) is 0 Å². The van der Waals surface area contributed by atoms with Gasteiger partial charge in [0.25, 0.3) is 0 Å². The lowest BCUT2D eigenvalue weighted by atomic mass is 10.2. The van der Waals surface area contributed by atoms with E-state index in [-0.39, 0.29) is 0 Å². The van der Waals surface area contributed by atoms with Crippen LogP contribution >= 0.6 is 47.8 Å². The average molecular weight is 421 g/mol. The lowest BCUT2D eigenvalue weighted by Crippen LogP contribution is -2.56. The molecule has 0 heterocycles. The molecule has 0 aliphatic rings. The van der Waals surface area contributed by atoms with E-state index in [1.165, 1.54) is 47.8 Å². The molecule has 0 aliphatic carbocycles. The third-order valence-corrected chi connectivity index (χ3v) is 3.50. The van der Waals surface area contributed by atoms with Gasteiger partial charge >= 0.3 is 16.9 Å². The van der Waals surface area contributed by atoms with Gasteiger partial charge in [-0.2, -0.15) is 30.7 Å². The minimum Gasteiger partial charge on any atom is -0.196 e. The quantitative estimate of drug-likeness (QED) is 0.450. The summed E-state index contributed by atoms with van der Waals surface area (Å²) in [6.07, 6.45) is -5.59. The molecule has 10 heteroatoms. The summed E-state index contributed by atoms with van der Waals surface area (Å²) in [5, 5.41) is 0. The third-order valence-electron chi connectivity index (χ3n) is 1.11. The predicted octanol–water partition coefficient (Wildman–Crippen LogP) is 4.66. The molecule has 0 radical (unpaired) electrons. The lowest BCUT2D eigenvalue weighted by Gasteiger charge is -2.34. The Kier molecular flexibility index (Phi) is 4.01. The smallest absolute Gasteiger partial charge is 0.196 e. The maximum Gasteiger partial charge on any atom is 0.419 e. The number of halogens is 10. The molecule has 0 rings (SSSR count). The summed E-state index contributed by atoms with van der Waals surface area (Å²) in [5.41, 5.74) is 0. The topological polar surface area (TPSA) is 0 Å². The zero-order valence-electron chi connectivity index (χ0n) is 5.78. The molecule has 86 valence electrons. The molecular formula is C4Br3F7. The maximum absolute atomic E-state index is 12.6.